The van der Waals surface area contributed by atoms with Crippen LogP contribution >= 0.6 is 0 Å². The second kappa shape index (κ2) is 6.61. The predicted octanol–water partition coefficient (Wildman–Crippen LogP) is 1.25. The Bertz CT molecular complexity index is 321. The van der Waals surface area contributed by atoms with Gasteiger partial charge in [-0.2, -0.15) is 5.10 Å². The Labute approximate surface area is 102 Å². The van der Waals surface area contributed by atoms with Crippen LogP contribution in [0.1, 0.15) is 25.7 Å². The van der Waals surface area contributed by atoms with Crippen LogP contribution in [0.25, 0.3) is 0 Å². The zero-order valence-corrected chi connectivity index (χ0v) is 10.1. The molecule has 17 heavy (non-hydrogen) atoms. The summed E-state index contributed by atoms with van der Waals surface area (Å²) in [4.78, 5) is 0. The molecule has 1 aliphatic carbocycles. The van der Waals surface area contributed by atoms with Gasteiger partial charge in [0.05, 0.1) is 38.2 Å². The molecule has 1 heterocycles. The lowest BCUT2D eigenvalue weighted by Crippen LogP contribution is -2.14. The number of nitrogens with one attached hydrogen (secondary N) is 1. The third-order valence-corrected chi connectivity index (χ3v) is 3.06. The molecule has 5 heteroatoms. The summed E-state index contributed by atoms with van der Waals surface area (Å²) >= 11 is 0. The van der Waals surface area contributed by atoms with Crippen molar-refractivity contribution in [3.63, 3.8) is 0 Å². The zero-order valence-electron chi connectivity index (χ0n) is 10.1. The van der Waals surface area contributed by atoms with Gasteiger partial charge in [-0.05, 0) is 12.8 Å². The van der Waals surface area contributed by atoms with E-state index in [-0.39, 0.29) is 6.61 Å². The fraction of sp³-hybridized carbons (Fsp3) is 0.750. The molecule has 0 aromatic carbocycles. The number of aliphatic hydroxyl groups excluding tert-OH is 1. The smallest absolute Gasteiger partial charge is 0.0728 e. The quantitative estimate of drug-likeness (QED) is 0.703. The van der Waals surface area contributed by atoms with E-state index >= 15 is 0 Å². The highest BCUT2D eigenvalue weighted by molar-refractivity contribution is 5.39. The van der Waals surface area contributed by atoms with E-state index in [4.69, 9.17) is 9.84 Å². The van der Waals surface area contributed by atoms with Gasteiger partial charge in [0.25, 0.3) is 0 Å². The maximum Gasteiger partial charge on any atom is 0.0728 e. The van der Waals surface area contributed by atoms with E-state index < -0.39 is 0 Å². The minimum absolute atomic E-state index is 0.0770. The standard InChI is InChI=1S/C12H21N3O2/c16-6-8-17-7-5-15-10-12(9-13-15)14-11-3-1-2-4-11/h9-11,14,16H,1-8H2. The van der Waals surface area contributed by atoms with Gasteiger partial charge in [0.15, 0.2) is 0 Å². The van der Waals surface area contributed by atoms with E-state index in [1.54, 1.807) is 0 Å². The topological polar surface area (TPSA) is 59.3 Å². The van der Waals surface area contributed by atoms with Gasteiger partial charge in [0.1, 0.15) is 0 Å². The van der Waals surface area contributed by atoms with Gasteiger partial charge >= 0.3 is 0 Å². The molecular formula is C12H21N3O2. The molecule has 1 fully saturated rings. The zero-order chi connectivity index (χ0) is 11.9. The maximum absolute atomic E-state index is 8.57. The first kappa shape index (κ1) is 12.4. The first-order valence-electron chi connectivity index (χ1n) is 6.36. The number of aliphatic hydroxyl groups is 1. The Hall–Kier alpha value is -1.07. The van der Waals surface area contributed by atoms with Crippen LogP contribution in [0.2, 0.25) is 0 Å². The average molecular weight is 239 g/mol. The molecule has 0 spiro atoms. The van der Waals surface area contributed by atoms with Crippen molar-refractivity contribution in [2.24, 2.45) is 0 Å². The van der Waals surface area contributed by atoms with Gasteiger partial charge in [-0.1, -0.05) is 12.8 Å². The third kappa shape index (κ3) is 4.02. The third-order valence-electron chi connectivity index (χ3n) is 3.06. The predicted molar refractivity (Wildman–Crippen MR) is 66.0 cm³/mol. The number of rotatable bonds is 7. The monoisotopic (exact) mass is 239 g/mol. The Morgan fingerprint density at radius 3 is 3.00 bits per heavy atom. The van der Waals surface area contributed by atoms with Gasteiger partial charge in [-0.25, -0.2) is 0 Å². The van der Waals surface area contributed by atoms with Gasteiger partial charge in [-0.3, -0.25) is 4.68 Å². The summed E-state index contributed by atoms with van der Waals surface area (Å²) in [5.74, 6) is 0. The van der Waals surface area contributed by atoms with Crippen molar-refractivity contribution in [2.75, 3.05) is 25.1 Å². The van der Waals surface area contributed by atoms with Crippen molar-refractivity contribution in [3.05, 3.63) is 12.4 Å². The molecule has 2 rings (SSSR count). The summed E-state index contributed by atoms with van der Waals surface area (Å²) in [5, 5.41) is 16.3. The van der Waals surface area contributed by atoms with Crippen molar-refractivity contribution >= 4 is 5.69 Å². The largest absolute Gasteiger partial charge is 0.394 e. The summed E-state index contributed by atoms with van der Waals surface area (Å²) in [6.45, 7) is 1.79. The molecule has 5 nitrogen and oxygen atoms in total. The number of hydrogen-bond acceptors (Lipinski definition) is 4. The fourth-order valence-electron chi connectivity index (χ4n) is 2.19. The Balaban J connectivity index is 1.71. The van der Waals surface area contributed by atoms with Crippen LogP contribution in [0.3, 0.4) is 0 Å². The number of anilines is 1. The second-order valence-electron chi connectivity index (χ2n) is 4.45. The lowest BCUT2D eigenvalue weighted by Gasteiger charge is -2.10. The molecule has 96 valence electrons. The Morgan fingerprint density at radius 1 is 1.41 bits per heavy atom. The number of hydrogen-bond donors (Lipinski definition) is 2. The van der Waals surface area contributed by atoms with Crippen LogP contribution in [0, 0.1) is 0 Å². The molecule has 0 radical (unpaired) electrons. The van der Waals surface area contributed by atoms with Crippen molar-refractivity contribution in [1.82, 2.24) is 9.78 Å². The average Bonchev–Trinajstić information content (AvgIpc) is 2.97. The number of ether oxygens (including phenoxy) is 1. The Kier molecular flexibility index (Phi) is 4.82. The van der Waals surface area contributed by atoms with Crippen LogP contribution in [-0.4, -0.2) is 40.7 Å². The highest BCUT2D eigenvalue weighted by Crippen LogP contribution is 2.21. The summed E-state index contributed by atoms with van der Waals surface area (Å²) < 4.78 is 7.07. The highest BCUT2D eigenvalue weighted by atomic mass is 16.5. The van der Waals surface area contributed by atoms with Gasteiger partial charge < -0.3 is 15.2 Å². The maximum atomic E-state index is 8.57. The van der Waals surface area contributed by atoms with E-state index in [9.17, 15) is 0 Å². The SMILES string of the molecule is OCCOCCn1cc(NC2CCCC2)cn1. The summed E-state index contributed by atoms with van der Waals surface area (Å²) in [5.41, 5.74) is 1.10. The fourth-order valence-corrected chi connectivity index (χ4v) is 2.19. The molecule has 1 aliphatic rings. The van der Waals surface area contributed by atoms with Crippen LogP contribution in [-0.2, 0) is 11.3 Å². The summed E-state index contributed by atoms with van der Waals surface area (Å²) in [6.07, 6.45) is 9.09. The minimum atomic E-state index is 0.0770. The van der Waals surface area contributed by atoms with E-state index in [1.165, 1.54) is 25.7 Å². The van der Waals surface area contributed by atoms with Crippen molar-refractivity contribution < 1.29 is 9.84 Å². The molecular weight excluding hydrogens is 218 g/mol. The molecule has 1 aromatic rings. The van der Waals surface area contributed by atoms with Crippen molar-refractivity contribution in [3.8, 4) is 0 Å². The Morgan fingerprint density at radius 2 is 2.24 bits per heavy atom. The molecule has 1 saturated carbocycles. The van der Waals surface area contributed by atoms with Crippen molar-refractivity contribution in [1.29, 1.82) is 0 Å². The summed E-state index contributed by atoms with van der Waals surface area (Å²) in [7, 11) is 0. The van der Waals surface area contributed by atoms with Crippen LogP contribution < -0.4 is 5.32 Å². The molecule has 2 N–H and O–H groups in total. The number of aromatic nitrogens is 2. The van der Waals surface area contributed by atoms with Crippen molar-refractivity contribution in [2.45, 2.75) is 38.3 Å². The van der Waals surface area contributed by atoms with Gasteiger partial charge in [0, 0.05) is 12.2 Å². The highest BCUT2D eigenvalue weighted by Gasteiger charge is 2.14. The van der Waals surface area contributed by atoms with Gasteiger partial charge in [-0.15, -0.1) is 0 Å². The molecule has 0 unspecified atom stereocenters. The van der Waals surface area contributed by atoms with Gasteiger partial charge in [0.2, 0.25) is 0 Å². The normalized spacial score (nSPS) is 16.5. The minimum Gasteiger partial charge on any atom is -0.394 e. The second-order valence-corrected chi connectivity index (χ2v) is 4.45. The molecule has 0 atom stereocenters. The molecule has 0 saturated heterocycles. The first-order chi connectivity index (χ1) is 8.38. The van der Waals surface area contributed by atoms with E-state index in [0.29, 0.717) is 19.3 Å². The van der Waals surface area contributed by atoms with E-state index in [1.807, 2.05) is 17.1 Å². The van der Waals surface area contributed by atoms with Crippen LogP contribution in [0.5, 0.6) is 0 Å². The van der Waals surface area contributed by atoms with Crippen LogP contribution in [0.15, 0.2) is 12.4 Å². The molecule has 0 aliphatic heterocycles. The lowest BCUT2D eigenvalue weighted by atomic mass is 10.2. The number of nitrogens with zero attached hydrogens (tertiary/aromatic N) is 2. The molecule has 0 bridgehead atoms. The van der Waals surface area contributed by atoms with E-state index in [0.717, 1.165) is 12.2 Å². The first-order valence-corrected chi connectivity index (χ1v) is 6.36. The summed E-state index contributed by atoms with van der Waals surface area (Å²) in [6, 6.07) is 0.623. The lowest BCUT2D eigenvalue weighted by molar-refractivity contribution is 0.0854. The van der Waals surface area contributed by atoms with E-state index in [2.05, 4.69) is 10.4 Å². The molecule has 1 aromatic heterocycles. The van der Waals surface area contributed by atoms with Crippen LogP contribution in [0.4, 0.5) is 5.69 Å². The molecule has 0 amide bonds.